The van der Waals surface area contributed by atoms with E-state index in [1.54, 1.807) is 12.3 Å². The third-order valence-electron chi connectivity index (χ3n) is 2.14. The number of ether oxygens (including phenoxy) is 1. The van der Waals surface area contributed by atoms with Gasteiger partial charge in [0, 0.05) is 11.8 Å². The lowest BCUT2D eigenvalue weighted by atomic mass is 10.3. The van der Waals surface area contributed by atoms with Gasteiger partial charge in [-0.3, -0.25) is 0 Å². The van der Waals surface area contributed by atoms with Crippen molar-refractivity contribution >= 4 is 17.3 Å². The van der Waals surface area contributed by atoms with Gasteiger partial charge in [0.05, 0.1) is 5.69 Å². The minimum atomic E-state index is 0.362. The summed E-state index contributed by atoms with van der Waals surface area (Å²) >= 11 is 5.91. The molecular formula is C12H11ClN2O. The van der Waals surface area contributed by atoms with Crippen LogP contribution in [0.2, 0.25) is 5.15 Å². The third kappa shape index (κ3) is 2.44. The number of anilines is 1. The average molecular weight is 235 g/mol. The van der Waals surface area contributed by atoms with Crippen LogP contribution in [0.25, 0.3) is 0 Å². The Hall–Kier alpha value is -1.74. The summed E-state index contributed by atoms with van der Waals surface area (Å²) in [5.41, 5.74) is 7.20. The Morgan fingerprint density at radius 2 is 2.00 bits per heavy atom. The molecule has 2 N–H and O–H groups in total. The summed E-state index contributed by atoms with van der Waals surface area (Å²) in [6.45, 7) is 0.362. The highest BCUT2D eigenvalue weighted by Crippen LogP contribution is 2.22. The number of hydrogen-bond donors (Lipinski definition) is 1. The molecule has 0 atom stereocenters. The Morgan fingerprint density at radius 3 is 2.75 bits per heavy atom. The number of benzene rings is 1. The maximum Gasteiger partial charge on any atom is 0.142 e. The van der Waals surface area contributed by atoms with E-state index in [1.165, 1.54) is 0 Å². The zero-order valence-corrected chi connectivity index (χ0v) is 9.32. The Kier molecular flexibility index (Phi) is 3.27. The quantitative estimate of drug-likeness (QED) is 0.656. The lowest BCUT2D eigenvalue weighted by Crippen LogP contribution is -1.99. The molecule has 1 heterocycles. The molecule has 16 heavy (non-hydrogen) atoms. The molecule has 2 aromatic rings. The van der Waals surface area contributed by atoms with Gasteiger partial charge >= 0.3 is 0 Å². The fourth-order valence-corrected chi connectivity index (χ4v) is 1.47. The summed E-state index contributed by atoms with van der Waals surface area (Å²) in [5.74, 6) is 0.655. The van der Waals surface area contributed by atoms with E-state index in [2.05, 4.69) is 4.98 Å². The summed E-state index contributed by atoms with van der Waals surface area (Å²) in [4.78, 5) is 3.97. The summed E-state index contributed by atoms with van der Waals surface area (Å²) in [5, 5.41) is 0.456. The number of nitrogens with two attached hydrogens (primary N) is 1. The van der Waals surface area contributed by atoms with Crippen LogP contribution in [0.3, 0.4) is 0 Å². The fourth-order valence-electron chi connectivity index (χ4n) is 1.29. The van der Waals surface area contributed by atoms with Gasteiger partial charge in [-0.25, -0.2) is 4.98 Å². The first-order valence-corrected chi connectivity index (χ1v) is 5.22. The minimum absolute atomic E-state index is 0.362. The molecule has 0 amide bonds. The van der Waals surface area contributed by atoms with Gasteiger partial charge in [0.1, 0.15) is 17.5 Å². The predicted molar refractivity (Wildman–Crippen MR) is 64.4 cm³/mol. The van der Waals surface area contributed by atoms with E-state index in [0.717, 1.165) is 5.56 Å². The van der Waals surface area contributed by atoms with Crippen molar-refractivity contribution in [1.82, 2.24) is 4.98 Å². The summed E-state index contributed by atoms with van der Waals surface area (Å²) < 4.78 is 5.55. The van der Waals surface area contributed by atoms with E-state index >= 15 is 0 Å². The Morgan fingerprint density at radius 1 is 1.19 bits per heavy atom. The molecule has 0 fully saturated rings. The van der Waals surface area contributed by atoms with Crippen LogP contribution in [0.4, 0.5) is 5.69 Å². The lowest BCUT2D eigenvalue weighted by Gasteiger charge is -2.08. The van der Waals surface area contributed by atoms with Crippen molar-refractivity contribution in [3.8, 4) is 5.75 Å². The van der Waals surface area contributed by atoms with Crippen LogP contribution < -0.4 is 10.5 Å². The van der Waals surface area contributed by atoms with Gasteiger partial charge in [0.15, 0.2) is 0 Å². The van der Waals surface area contributed by atoms with Gasteiger partial charge < -0.3 is 10.5 Å². The van der Waals surface area contributed by atoms with Crippen LogP contribution in [-0.2, 0) is 6.61 Å². The standard InChI is InChI=1S/C12H11ClN2O/c13-12-9(4-3-7-15-12)8-16-11-6-2-1-5-10(11)14/h1-7H,8,14H2. The molecule has 0 saturated heterocycles. The van der Waals surface area contributed by atoms with Crippen LogP contribution in [-0.4, -0.2) is 4.98 Å². The number of pyridine rings is 1. The Bertz CT molecular complexity index is 442. The summed E-state index contributed by atoms with van der Waals surface area (Å²) in [7, 11) is 0. The smallest absolute Gasteiger partial charge is 0.142 e. The summed E-state index contributed by atoms with van der Waals surface area (Å²) in [6, 6.07) is 11.0. The second-order valence-electron chi connectivity index (χ2n) is 3.28. The highest BCUT2D eigenvalue weighted by atomic mass is 35.5. The van der Waals surface area contributed by atoms with E-state index < -0.39 is 0 Å². The Balaban J connectivity index is 2.09. The molecule has 0 aliphatic heterocycles. The van der Waals surface area contributed by atoms with Crippen molar-refractivity contribution in [2.24, 2.45) is 0 Å². The Labute approximate surface area is 98.8 Å². The maximum absolute atomic E-state index is 5.91. The first-order valence-electron chi connectivity index (χ1n) is 4.84. The van der Waals surface area contributed by atoms with E-state index in [0.29, 0.717) is 23.2 Å². The molecule has 0 aliphatic carbocycles. The monoisotopic (exact) mass is 234 g/mol. The number of hydrogen-bond acceptors (Lipinski definition) is 3. The van der Waals surface area contributed by atoms with Crippen LogP contribution in [0.1, 0.15) is 5.56 Å². The largest absolute Gasteiger partial charge is 0.487 e. The molecule has 1 aromatic heterocycles. The molecule has 0 saturated carbocycles. The minimum Gasteiger partial charge on any atom is -0.487 e. The molecule has 0 radical (unpaired) electrons. The van der Waals surface area contributed by atoms with Crippen molar-refractivity contribution in [2.45, 2.75) is 6.61 Å². The fraction of sp³-hybridized carbons (Fsp3) is 0.0833. The molecule has 2 rings (SSSR count). The zero-order chi connectivity index (χ0) is 11.4. The molecular weight excluding hydrogens is 224 g/mol. The number of halogens is 1. The normalized spacial score (nSPS) is 10.1. The second-order valence-corrected chi connectivity index (χ2v) is 3.64. The molecule has 0 bridgehead atoms. The number of rotatable bonds is 3. The van der Waals surface area contributed by atoms with Crippen molar-refractivity contribution in [3.63, 3.8) is 0 Å². The first-order chi connectivity index (χ1) is 7.77. The van der Waals surface area contributed by atoms with Crippen LogP contribution in [0.15, 0.2) is 42.6 Å². The number of nitrogens with zero attached hydrogens (tertiary/aromatic N) is 1. The molecule has 4 heteroatoms. The van der Waals surface area contributed by atoms with Gasteiger partial charge in [-0.1, -0.05) is 29.8 Å². The van der Waals surface area contributed by atoms with E-state index in [4.69, 9.17) is 22.1 Å². The van der Waals surface area contributed by atoms with Crippen LogP contribution >= 0.6 is 11.6 Å². The molecule has 1 aromatic carbocycles. The maximum atomic E-state index is 5.91. The third-order valence-corrected chi connectivity index (χ3v) is 2.48. The molecule has 0 spiro atoms. The molecule has 82 valence electrons. The second kappa shape index (κ2) is 4.86. The molecule has 3 nitrogen and oxygen atoms in total. The zero-order valence-electron chi connectivity index (χ0n) is 8.56. The number of para-hydroxylation sites is 2. The van der Waals surface area contributed by atoms with Gasteiger partial charge in [-0.15, -0.1) is 0 Å². The van der Waals surface area contributed by atoms with E-state index in [9.17, 15) is 0 Å². The highest BCUT2D eigenvalue weighted by Gasteiger charge is 2.03. The summed E-state index contributed by atoms with van der Waals surface area (Å²) in [6.07, 6.45) is 1.64. The van der Waals surface area contributed by atoms with Crippen LogP contribution in [0.5, 0.6) is 5.75 Å². The van der Waals surface area contributed by atoms with E-state index in [-0.39, 0.29) is 0 Å². The number of aromatic nitrogens is 1. The van der Waals surface area contributed by atoms with Gasteiger partial charge in [-0.2, -0.15) is 0 Å². The predicted octanol–water partition coefficient (Wildman–Crippen LogP) is 2.90. The number of nitrogen functional groups attached to an aromatic ring is 1. The van der Waals surface area contributed by atoms with E-state index in [1.807, 2.05) is 30.3 Å². The van der Waals surface area contributed by atoms with Crippen LogP contribution in [0, 0.1) is 0 Å². The van der Waals surface area contributed by atoms with Crippen molar-refractivity contribution in [1.29, 1.82) is 0 Å². The van der Waals surface area contributed by atoms with Gasteiger partial charge in [-0.05, 0) is 18.2 Å². The SMILES string of the molecule is Nc1ccccc1OCc1cccnc1Cl. The highest BCUT2D eigenvalue weighted by molar-refractivity contribution is 6.30. The van der Waals surface area contributed by atoms with Crippen molar-refractivity contribution in [2.75, 3.05) is 5.73 Å². The first kappa shape index (κ1) is 10.8. The van der Waals surface area contributed by atoms with Gasteiger partial charge in [0.2, 0.25) is 0 Å². The average Bonchev–Trinajstić information content (AvgIpc) is 2.30. The van der Waals surface area contributed by atoms with Crippen molar-refractivity contribution in [3.05, 3.63) is 53.3 Å². The van der Waals surface area contributed by atoms with Crippen molar-refractivity contribution < 1.29 is 4.74 Å². The molecule has 0 aliphatic rings. The van der Waals surface area contributed by atoms with Gasteiger partial charge in [0.25, 0.3) is 0 Å². The lowest BCUT2D eigenvalue weighted by molar-refractivity contribution is 0.307. The topological polar surface area (TPSA) is 48.1 Å². The molecule has 0 unspecified atom stereocenters.